The lowest BCUT2D eigenvalue weighted by Gasteiger charge is -2.06. The van der Waals surface area contributed by atoms with Gasteiger partial charge in [-0.05, 0) is 59.3 Å². The third kappa shape index (κ3) is 2.58. The van der Waals surface area contributed by atoms with Crippen molar-refractivity contribution in [2.24, 2.45) is 0 Å². The standard InChI is InChI=1S/C12H10BrFN2/c1-8-11(13)6-7-12(15-8)16-10-4-2-9(14)3-5-10/h2-7H,1H3,(H,15,16). The fourth-order valence-corrected chi connectivity index (χ4v) is 1.52. The smallest absolute Gasteiger partial charge is 0.130 e. The molecule has 0 bridgehead atoms. The maximum Gasteiger partial charge on any atom is 0.130 e. The molecule has 1 heterocycles. The van der Waals surface area contributed by atoms with Gasteiger partial charge in [0.25, 0.3) is 0 Å². The van der Waals surface area contributed by atoms with Crippen molar-refractivity contribution in [3.05, 3.63) is 52.4 Å². The summed E-state index contributed by atoms with van der Waals surface area (Å²) >= 11 is 3.38. The van der Waals surface area contributed by atoms with Crippen LogP contribution in [0.15, 0.2) is 40.9 Å². The van der Waals surface area contributed by atoms with Gasteiger partial charge < -0.3 is 5.32 Å². The van der Waals surface area contributed by atoms with E-state index >= 15 is 0 Å². The van der Waals surface area contributed by atoms with Gasteiger partial charge in [0.05, 0.1) is 5.69 Å². The van der Waals surface area contributed by atoms with Gasteiger partial charge in [0, 0.05) is 10.2 Å². The van der Waals surface area contributed by atoms with Crippen LogP contribution < -0.4 is 5.32 Å². The van der Waals surface area contributed by atoms with E-state index in [0.717, 1.165) is 21.7 Å². The Kier molecular flexibility index (Phi) is 3.19. The number of pyridine rings is 1. The third-order valence-electron chi connectivity index (χ3n) is 2.14. The van der Waals surface area contributed by atoms with Crippen molar-refractivity contribution >= 4 is 27.4 Å². The number of nitrogens with one attached hydrogen (secondary N) is 1. The van der Waals surface area contributed by atoms with Gasteiger partial charge in [0.2, 0.25) is 0 Å². The number of nitrogens with zero attached hydrogens (tertiary/aromatic N) is 1. The highest BCUT2D eigenvalue weighted by Gasteiger charge is 1.99. The van der Waals surface area contributed by atoms with E-state index in [2.05, 4.69) is 26.2 Å². The minimum atomic E-state index is -0.245. The van der Waals surface area contributed by atoms with Gasteiger partial charge in [-0.3, -0.25) is 0 Å². The summed E-state index contributed by atoms with van der Waals surface area (Å²) in [5, 5.41) is 3.10. The van der Waals surface area contributed by atoms with Crippen molar-refractivity contribution in [3.8, 4) is 0 Å². The van der Waals surface area contributed by atoms with Crippen molar-refractivity contribution in [1.29, 1.82) is 0 Å². The minimum absolute atomic E-state index is 0.245. The lowest BCUT2D eigenvalue weighted by Crippen LogP contribution is -1.95. The van der Waals surface area contributed by atoms with E-state index in [0.29, 0.717) is 0 Å². The number of benzene rings is 1. The first-order valence-electron chi connectivity index (χ1n) is 4.81. The number of hydrogen-bond acceptors (Lipinski definition) is 2. The van der Waals surface area contributed by atoms with Gasteiger partial charge >= 0.3 is 0 Å². The average Bonchev–Trinajstić information content (AvgIpc) is 2.27. The van der Waals surface area contributed by atoms with Crippen LogP contribution in [-0.2, 0) is 0 Å². The second-order valence-corrected chi connectivity index (χ2v) is 4.25. The third-order valence-corrected chi connectivity index (χ3v) is 2.98. The van der Waals surface area contributed by atoms with Crippen molar-refractivity contribution < 1.29 is 4.39 Å². The molecule has 0 aliphatic heterocycles. The highest BCUT2D eigenvalue weighted by Crippen LogP contribution is 2.19. The molecule has 0 aliphatic rings. The zero-order valence-electron chi connectivity index (χ0n) is 8.67. The molecule has 2 aromatic rings. The van der Waals surface area contributed by atoms with Crippen LogP contribution in [0.1, 0.15) is 5.69 Å². The average molecular weight is 281 g/mol. The predicted octanol–water partition coefficient (Wildman–Crippen LogP) is 4.04. The normalized spacial score (nSPS) is 10.2. The number of aromatic nitrogens is 1. The van der Waals surface area contributed by atoms with Gasteiger partial charge in [0.15, 0.2) is 0 Å². The van der Waals surface area contributed by atoms with E-state index in [-0.39, 0.29) is 5.82 Å². The molecule has 0 saturated heterocycles. The largest absolute Gasteiger partial charge is 0.340 e. The zero-order valence-corrected chi connectivity index (χ0v) is 10.3. The molecule has 1 aromatic heterocycles. The molecule has 1 aromatic carbocycles. The van der Waals surface area contributed by atoms with Crippen LogP contribution in [0.3, 0.4) is 0 Å². The Bertz CT molecular complexity index is 497. The summed E-state index contributed by atoms with van der Waals surface area (Å²) in [5.74, 6) is 0.498. The fraction of sp³-hybridized carbons (Fsp3) is 0.0833. The highest BCUT2D eigenvalue weighted by molar-refractivity contribution is 9.10. The first kappa shape index (κ1) is 11.1. The molecular formula is C12H10BrFN2. The van der Waals surface area contributed by atoms with Crippen molar-refractivity contribution in [1.82, 2.24) is 4.98 Å². The van der Waals surface area contributed by atoms with E-state index in [9.17, 15) is 4.39 Å². The Labute approximate surface area is 102 Å². The van der Waals surface area contributed by atoms with Crippen LogP contribution in [0.25, 0.3) is 0 Å². The maximum absolute atomic E-state index is 12.7. The number of aryl methyl sites for hydroxylation is 1. The molecule has 0 atom stereocenters. The molecule has 0 saturated carbocycles. The Morgan fingerprint density at radius 3 is 2.44 bits per heavy atom. The van der Waals surface area contributed by atoms with Crippen molar-refractivity contribution in [2.45, 2.75) is 6.92 Å². The molecule has 0 spiro atoms. The Morgan fingerprint density at radius 2 is 1.81 bits per heavy atom. The summed E-state index contributed by atoms with van der Waals surface area (Å²) in [6, 6.07) is 9.96. The van der Waals surface area contributed by atoms with Gasteiger partial charge in [-0.2, -0.15) is 0 Å². The monoisotopic (exact) mass is 280 g/mol. The molecule has 16 heavy (non-hydrogen) atoms. The van der Waals surface area contributed by atoms with Gasteiger partial charge in [-0.25, -0.2) is 9.37 Å². The van der Waals surface area contributed by atoms with Gasteiger partial charge in [-0.1, -0.05) is 0 Å². The molecule has 0 radical (unpaired) electrons. The summed E-state index contributed by atoms with van der Waals surface area (Å²) in [5.41, 5.74) is 1.72. The molecule has 1 N–H and O–H groups in total. The summed E-state index contributed by atoms with van der Waals surface area (Å²) < 4.78 is 13.7. The van der Waals surface area contributed by atoms with E-state index in [4.69, 9.17) is 0 Å². The molecule has 0 fully saturated rings. The van der Waals surface area contributed by atoms with E-state index in [1.54, 1.807) is 12.1 Å². The van der Waals surface area contributed by atoms with Crippen molar-refractivity contribution in [3.63, 3.8) is 0 Å². The Balaban J connectivity index is 2.20. The summed E-state index contributed by atoms with van der Waals surface area (Å²) in [6.45, 7) is 1.92. The number of rotatable bonds is 2. The van der Waals surface area contributed by atoms with Crippen LogP contribution in [0.4, 0.5) is 15.9 Å². The summed E-state index contributed by atoms with van der Waals surface area (Å²) in [7, 11) is 0. The maximum atomic E-state index is 12.7. The first-order chi connectivity index (χ1) is 7.65. The van der Waals surface area contributed by atoms with Crippen LogP contribution in [0.5, 0.6) is 0 Å². The molecule has 2 nitrogen and oxygen atoms in total. The Hall–Kier alpha value is -1.42. The number of hydrogen-bond donors (Lipinski definition) is 1. The lowest BCUT2D eigenvalue weighted by atomic mass is 10.3. The van der Waals surface area contributed by atoms with E-state index < -0.39 is 0 Å². The minimum Gasteiger partial charge on any atom is -0.340 e. The molecule has 0 unspecified atom stereocenters. The second-order valence-electron chi connectivity index (χ2n) is 3.40. The van der Waals surface area contributed by atoms with Gasteiger partial charge in [0.1, 0.15) is 11.6 Å². The quantitative estimate of drug-likeness (QED) is 0.898. The predicted molar refractivity (Wildman–Crippen MR) is 66.4 cm³/mol. The fourth-order valence-electron chi connectivity index (χ4n) is 1.29. The SMILES string of the molecule is Cc1nc(Nc2ccc(F)cc2)ccc1Br. The molecule has 4 heteroatoms. The molecule has 82 valence electrons. The molecule has 0 aliphatic carbocycles. The Morgan fingerprint density at radius 1 is 1.12 bits per heavy atom. The zero-order chi connectivity index (χ0) is 11.5. The van der Waals surface area contributed by atoms with Gasteiger partial charge in [-0.15, -0.1) is 0 Å². The molecule has 0 amide bonds. The van der Waals surface area contributed by atoms with E-state index in [1.807, 2.05) is 19.1 Å². The number of halogens is 2. The van der Waals surface area contributed by atoms with Crippen molar-refractivity contribution in [2.75, 3.05) is 5.32 Å². The molecule has 2 rings (SSSR count). The molecular weight excluding hydrogens is 271 g/mol. The van der Waals surface area contributed by atoms with Crippen LogP contribution in [0.2, 0.25) is 0 Å². The van der Waals surface area contributed by atoms with E-state index in [1.165, 1.54) is 12.1 Å². The summed E-state index contributed by atoms with van der Waals surface area (Å²) in [4.78, 5) is 4.34. The second kappa shape index (κ2) is 4.61. The highest BCUT2D eigenvalue weighted by atomic mass is 79.9. The van der Waals surface area contributed by atoms with Crippen LogP contribution >= 0.6 is 15.9 Å². The number of anilines is 2. The van der Waals surface area contributed by atoms with Crippen LogP contribution in [0, 0.1) is 12.7 Å². The van der Waals surface area contributed by atoms with Crippen LogP contribution in [-0.4, -0.2) is 4.98 Å². The summed E-state index contributed by atoms with van der Waals surface area (Å²) in [6.07, 6.45) is 0. The topological polar surface area (TPSA) is 24.9 Å². The first-order valence-corrected chi connectivity index (χ1v) is 5.60. The lowest BCUT2D eigenvalue weighted by molar-refractivity contribution is 0.628.